The summed E-state index contributed by atoms with van der Waals surface area (Å²) in [5.74, 6) is 0. The molecule has 0 saturated carbocycles. The highest BCUT2D eigenvalue weighted by Crippen LogP contribution is 2.20. The van der Waals surface area contributed by atoms with Gasteiger partial charge in [-0.05, 0) is 59.2 Å². The molecule has 0 N–H and O–H groups in total. The van der Waals surface area contributed by atoms with E-state index >= 15 is 0 Å². The van der Waals surface area contributed by atoms with Crippen LogP contribution in [-0.4, -0.2) is 25.5 Å². The molecule has 0 saturated heterocycles. The van der Waals surface area contributed by atoms with E-state index in [9.17, 15) is 0 Å². The maximum absolute atomic E-state index is 2.46. The zero-order valence-corrected chi connectivity index (χ0v) is 8.47. The summed E-state index contributed by atoms with van der Waals surface area (Å²) in [6.07, 6.45) is 10.7. The van der Waals surface area contributed by atoms with Crippen molar-refractivity contribution in [1.29, 1.82) is 0 Å². The van der Waals surface area contributed by atoms with Crippen LogP contribution in [0.2, 0.25) is 0 Å². The second-order valence-electron chi connectivity index (χ2n) is 4.01. The molecule has 0 amide bonds. The molecule has 0 bridgehead atoms. The van der Waals surface area contributed by atoms with Gasteiger partial charge in [0.05, 0.1) is 0 Å². The van der Waals surface area contributed by atoms with E-state index in [0.717, 1.165) is 0 Å². The number of allylic oxidation sites excluding steroid dienone is 2. The molecule has 0 spiro atoms. The van der Waals surface area contributed by atoms with Gasteiger partial charge in [0.25, 0.3) is 0 Å². The summed E-state index contributed by atoms with van der Waals surface area (Å²) >= 11 is 0. The first-order chi connectivity index (χ1) is 5.79. The van der Waals surface area contributed by atoms with Crippen molar-refractivity contribution in [2.75, 3.05) is 20.6 Å². The van der Waals surface area contributed by atoms with Gasteiger partial charge in [-0.1, -0.05) is 11.6 Å². The molecule has 0 fully saturated rings. The molecule has 1 aliphatic rings. The lowest BCUT2D eigenvalue weighted by Crippen LogP contribution is -2.13. The predicted molar refractivity (Wildman–Crippen MR) is 54.3 cm³/mol. The smallest absolute Gasteiger partial charge is 0.00218 e. The predicted octanol–water partition coefficient (Wildman–Crippen LogP) is 2.83. The number of hydrogen-bond donors (Lipinski definition) is 0. The summed E-state index contributed by atoms with van der Waals surface area (Å²) < 4.78 is 0. The Hall–Kier alpha value is -0.300. The van der Waals surface area contributed by atoms with Crippen molar-refractivity contribution in [3.05, 3.63) is 11.6 Å². The molecule has 0 unspecified atom stereocenters. The molecule has 70 valence electrons. The van der Waals surface area contributed by atoms with Crippen LogP contribution in [0.15, 0.2) is 11.6 Å². The first-order valence-electron chi connectivity index (χ1n) is 5.11. The van der Waals surface area contributed by atoms with Crippen LogP contribution in [0.25, 0.3) is 0 Å². The van der Waals surface area contributed by atoms with Crippen LogP contribution >= 0.6 is 0 Å². The highest BCUT2D eigenvalue weighted by molar-refractivity contribution is 5.04. The number of rotatable bonds is 4. The van der Waals surface area contributed by atoms with Crippen molar-refractivity contribution in [1.82, 2.24) is 4.90 Å². The van der Waals surface area contributed by atoms with Crippen molar-refractivity contribution >= 4 is 0 Å². The summed E-state index contributed by atoms with van der Waals surface area (Å²) in [7, 11) is 4.30. The summed E-state index contributed by atoms with van der Waals surface area (Å²) in [4.78, 5) is 2.27. The molecule has 0 radical (unpaired) electrons. The summed E-state index contributed by atoms with van der Waals surface area (Å²) in [5.41, 5.74) is 1.71. The van der Waals surface area contributed by atoms with Gasteiger partial charge in [-0.2, -0.15) is 0 Å². The zero-order chi connectivity index (χ0) is 8.81. The van der Waals surface area contributed by atoms with Crippen molar-refractivity contribution in [2.24, 2.45) is 0 Å². The second-order valence-corrected chi connectivity index (χ2v) is 4.01. The maximum Gasteiger partial charge on any atom is -0.00218 e. The molecule has 0 aliphatic heterocycles. The molecule has 12 heavy (non-hydrogen) atoms. The van der Waals surface area contributed by atoms with Crippen LogP contribution in [0.3, 0.4) is 0 Å². The van der Waals surface area contributed by atoms with Crippen LogP contribution in [0, 0.1) is 0 Å². The van der Waals surface area contributed by atoms with Gasteiger partial charge in [-0.3, -0.25) is 0 Å². The van der Waals surface area contributed by atoms with Gasteiger partial charge in [-0.25, -0.2) is 0 Å². The van der Waals surface area contributed by atoms with Gasteiger partial charge < -0.3 is 4.90 Å². The number of hydrogen-bond acceptors (Lipinski definition) is 1. The molecule has 1 rings (SSSR count). The van der Waals surface area contributed by atoms with Crippen molar-refractivity contribution in [3.8, 4) is 0 Å². The monoisotopic (exact) mass is 167 g/mol. The zero-order valence-electron chi connectivity index (χ0n) is 8.47. The van der Waals surface area contributed by atoms with Crippen molar-refractivity contribution in [2.45, 2.75) is 38.5 Å². The largest absolute Gasteiger partial charge is 0.309 e. The molecule has 1 heteroatoms. The van der Waals surface area contributed by atoms with Crippen LogP contribution in [0.4, 0.5) is 0 Å². The van der Waals surface area contributed by atoms with E-state index in [2.05, 4.69) is 25.1 Å². The van der Waals surface area contributed by atoms with Gasteiger partial charge in [0.1, 0.15) is 0 Å². The van der Waals surface area contributed by atoms with E-state index in [0.29, 0.717) is 0 Å². The third-order valence-corrected chi connectivity index (χ3v) is 2.49. The lowest BCUT2D eigenvalue weighted by Gasteiger charge is -2.14. The summed E-state index contributed by atoms with van der Waals surface area (Å²) in [5, 5.41) is 0. The fraction of sp³-hybridized carbons (Fsp3) is 0.818. The third-order valence-electron chi connectivity index (χ3n) is 2.49. The summed E-state index contributed by atoms with van der Waals surface area (Å²) in [6.45, 7) is 1.23. The van der Waals surface area contributed by atoms with Crippen molar-refractivity contribution < 1.29 is 0 Å². The molecular formula is C11H21N. The fourth-order valence-corrected chi connectivity index (χ4v) is 1.75. The molecule has 1 nitrogen and oxygen atoms in total. The van der Waals surface area contributed by atoms with Gasteiger partial charge in [0.2, 0.25) is 0 Å². The van der Waals surface area contributed by atoms with Gasteiger partial charge in [0, 0.05) is 0 Å². The maximum atomic E-state index is 2.46. The van der Waals surface area contributed by atoms with Gasteiger partial charge in [0.15, 0.2) is 0 Å². The Morgan fingerprint density at radius 3 is 2.75 bits per heavy atom. The quantitative estimate of drug-likeness (QED) is 0.582. The Labute approximate surface area is 76.5 Å². The highest BCUT2D eigenvalue weighted by atomic mass is 15.0. The highest BCUT2D eigenvalue weighted by Gasteiger charge is 2.02. The van der Waals surface area contributed by atoms with Crippen LogP contribution in [0.5, 0.6) is 0 Å². The SMILES string of the molecule is CN(C)CCCC1=CCCCC1. The topological polar surface area (TPSA) is 3.24 Å². The molecule has 0 aromatic heterocycles. The minimum Gasteiger partial charge on any atom is -0.309 e. The van der Waals surface area contributed by atoms with Gasteiger partial charge >= 0.3 is 0 Å². The normalized spacial score (nSPS) is 18.1. The number of nitrogens with zero attached hydrogens (tertiary/aromatic N) is 1. The minimum absolute atomic E-state index is 1.23. The third kappa shape index (κ3) is 3.91. The lowest BCUT2D eigenvalue weighted by atomic mass is 9.96. The van der Waals surface area contributed by atoms with E-state index in [1.807, 2.05) is 0 Å². The average molecular weight is 167 g/mol. The van der Waals surface area contributed by atoms with E-state index in [1.54, 1.807) is 5.57 Å². The van der Waals surface area contributed by atoms with Crippen LogP contribution in [0.1, 0.15) is 38.5 Å². The Morgan fingerprint density at radius 1 is 1.33 bits per heavy atom. The molecule has 1 aliphatic carbocycles. The Morgan fingerprint density at radius 2 is 2.17 bits per heavy atom. The average Bonchev–Trinajstić information content (AvgIpc) is 2.05. The van der Waals surface area contributed by atoms with E-state index in [4.69, 9.17) is 0 Å². The standard InChI is InChI=1S/C11H21N/c1-12(2)10-6-9-11-7-4-3-5-8-11/h7H,3-6,8-10H2,1-2H3. The first-order valence-corrected chi connectivity index (χ1v) is 5.11. The molecule has 0 heterocycles. The Kier molecular flexibility index (Phi) is 4.37. The van der Waals surface area contributed by atoms with E-state index in [-0.39, 0.29) is 0 Å². The van der Waals surface area contributed by atoms with Crippen LogP contribution in [-0.2, 0) is 0 Å². The molecule has 0 aromatic carbocycles. The van der Waals surface area contributed by atoms with E-state index < -0.39 is 0 Å². The molecule has 0 aromatic rings. The Balaban J connectivity index is 2.09. The molecular weight excluding hydrogens is 146 g/mol. The lowest BCUT2D eigenvalue weighted by molar-refractivity contribution is 0.398. The molecule has 0 atom stereocenters. The van der Waals surface area contributed by atoms with E-state index in [1.165, 1.54) is 45.1 Å². The van der Waals surface area contributed by atoms with Crippen molar-refractivity contribution in [3.63, 3.8) is 0 Å². The summed E-state index contributed by atoms with van der Waals surface area (Å²) in [6, 6.07) is 0. The second kappa shape index (κ2) is 5.36. The first kappa shape index (κ1) is 9.79. The Bertz CT molecular complexity index is 147. The fourth-order valence-electron chi connectivity index (χ4n) is 1.75. The van der Waals surface area contributed by atoms with Crippen LogP contribution < -0.4 is 0 Å². The minimum atomic E-state index is 1.23. The van der Waals surface area contributed by atoms with Gasteiger partial charge in [-0.15, -0.1) is 0 Å².